The van der Waals surface area contributed by atoms with Crippen molar-refractivity contribution in [2.75, 3.05) is 40.9 Å². The van der Waals surface area contributed by atoms with Crippen molar-refractivity contribution in [1.29, 1.82) is 0 Å². The zero-order valence-corrected chi connectivity index (χ0v) is 35.4. The lowest BCUT2D eigenvalue weighted by molar-refractivity contribution is -0.870. The van der Waals surface area contributed by atoms with Crippen LogP contribution in [0.25, 0.3) is 0 Å². The van der Waals surface area contributed by atoms with Gasteiger partial charge in [-0.3, -0.25) is 13.8 Å². The number of hydrogen-bond donors (Lipinski definition) is 3. The second kappa shape index (κ2) is 35.4. The Balaban J connectivity index is 4.53. The fourth-order valence-corrected chi connectivity index (χ4v) is 6.61. The molecule has 306 valence electrons. The van der Waals surface area contributed by atoms with Crippen molar-refractivity contribution < 1.29 is 32.9 Å². The largest absolute Gasteiger partial charge is 0.472 e. The maximum atomic E-state index is 12.8. The average Bonchev–Trinajstić information content (AvgIpc) is 3.09. The second-order valence-corrected chi connectivity index (χ2v) is 17.2. The topological polar surface area (TPSA) is 105 Å². The molecular weight excluding hydrogens is 671 g/mol. The summed E-state index contributed by atoms with van der Waals surface area (Å²) in [5.41, 5.74) is 0. The third kappa shape index (κ3) is 37.1. The number of nitrogens with one attached hydrogen (secondary N) is 1. The monoisotopic (exact) mass is 756 g/mol. The Hall–Kier alpha value is -1.28. The maximum Gasteiger partial charge on any atom is 0.472 e. The average molecular weight is 756 g/mol. The molecule has 0 aliphatic carbocycles. The van der Waals surface area contributed by atoms with Gasteiger partial charge in [0.15, 0.2) is 0 Å². The van der Waals surface area contributed by atoms with Crippen molar-refractivity contribution in [1.82, 2.24) is 5.32 Å². The molecule has 0 heterocycles. The van der Waals surface area contributed by atoms with Gasteiger partial charge in [-0.25, -0.2) is 4.57 Å². The fourth-order valence-electron chi connectivity index (χ4n) is 5.87. The van der Waals surface area contributed by atoms with Crippen LogP contribution in [0.2, 0.25) is 0 Å². The summed E-state index contributed by atoms with van der Waals surface area (Å²) in [5.74, 6) is -0.198. The number of allylic oxidation sites excluding steroid dienone is 5. The van der Waals surface area contributed by atoms with E-state index in [0.29, 0.717) is 17.4 Å². The van der Waals surface area contributed by atoms with Crippen LogP contribution in [0.3, 0.4) is 0 Å². The molecule has 0 radical (unpaired) electrons. The van der Waals surface area contributed by atoms with E-state index in [2.05, 4.69) is 43.5 Å². The van der Waals surface area contributed by atoms with Gasteiger partial charge in [-0.15, -0.1) is 0 Å². The number of nitrogens with zero attached hydrogens (tertiary/aromatic N) is 1. The molecule has 0 fully saturated rings. The van der Waals surface area contributed by atoms with E-state index in [4.69, 9.17) is 9.05 Å². The highest BCUT2D eigenvalue weighted by atomic mass is 31.2. The van der Waals surface area contributed by atoms with Crippen molar-refractivity contribution >= 4 is 13.7 Å². The molecule has 0 rings (SSSR count). The molecule has 0 aromatic carbocycles. The SMILES string of the molecule is CCCCCC/C=C/CCCCCCCC(=O)N[C@@H](COP(=O)(O)OCC[N+](C)(C)C)[C@H](O)/C=C/CC/C=C/CCCCCCCCCCCCC. The molecule has 0 saturated heterocycles. The molecule has 0 aromatic heterocycles. The molecule has 1 amide bonds. The van der Waals surface area contributed by atoms with E-state index in [-0.39, 0.29) is 19.1 Å². The molecule has 1 unspecified atom stereocenters. The molecule has 0 spiro atoms. The van der Waals surface area contributed by atoms with Crippen LogP contribution < -0.4 is 5.32 Å². The second-order valence-electron chi connectivity index (χ2n) is 15.7. The molecule has 9 heteroatoms. The summed E-state index contributed by atoms with van der Waals surface area (Å²) in [7, 11) is 1.55. The first kappa shape index (κ1) is 50.7. The molecule has 52 heavy (non-hydrogen) atoms. The van der Waals surface area contributed by atoms with Gasteiger partial charge in [0.25, 0.3) is 0 Å². The number of quaternary nitrogens is 1. The van der Waals surface area contributed by atoms with E-state index in [1.807, 2.05) is 27.2 Å². The number of phosphoric ester groups is 1. The number of aliphatic hydroxyl groups is 1. The van der Waals surface area contributed by atoms with Crippen LogP contribution in [0, 0.1) is 0 Å². The number of unbranched alkanes of at least 4 members (excludes halogenated alkanes) is 21. The van der Waals surface area contributed by atoms with Crippen molar-refractivity contribution in [2.45, 2.75) is 193 Å². The number of rotatable bonds is 38. The lowest BCUT2D eigenvalue weighted by Gasteiger charge is -2.25. The van der Waals surface area contributed by atoms with Gasteiger partial charge in [0.2, 0.25) is 5.91 Å². The summed E-state index contributed by atoms with van der Waals surface area (Å²) in [5, 5.41) is 13.8. The highest BCUT2D eigenvalue weighted by Gasteiger charge is 2.27. The third-order valence-electron chi connectivity index (χ3n) is 9.33. The van der Waals surface area contributed by atoms with Crippen molar-refractivity contribution in [3.05, 3.63) is 36.5 Å². The van der Waals surface area contributed by atoms with Crippen LogP contribution in [-0.2, 0) is 18.4 Å². The minimum atomic E-state index is -4.34. The summed E-state index contributed by atoms with van der Waals surface area (Å²) in [6.07, 6.45) is 42.1. The zero-order chi connectivity index (χ0) is 38.6. The fraction of sp³-hybridized carbons (Fsp3) is 0.837. The first-order chi connectivity index (χ1) is 25.0. The van der Waals surface area contributed by atoms with E-state index < -0.39 is 20.0 Å². The molecule has 0 saturated carbocycles. The molecule has 8 nitrogen and oxygen atoms in total. The molecule has 0 aromatic rings. The number of aliphatic hydroxyl groups excluding tert-OH is 1. The van der Waals surface area contributed by atoms with E-state index in [9.17, 15) is 19.4 Å². The van der Waals surface area contributed by atoms with Gasteiger partial charge in [-0.2, -0.15) is 0 Å². The quantitative estimate of drug-likeness (QED) is 0.0251. The maximum absolute atomic E-state index is 12.8. The van der Waals surface area contributed by atoms with E-state index in [0.717, 1.165) is 51.4 Å². The van der Waals surface area contributed by atoms with Gasteiger partial charge in [0.05, 0.1) is 39.9 Å². The zero-order valence-electron chi connectivity index (χ0n) is 34.5. The number of hydrogen-bond acceptors (Lipinski definition) is 5. The number of amides is 1. The Morgan fingerprint density at radius 1 is 0.635 bits per heavy atom. The van der Waals surface area contributed by atoms with Crippen molar-refractivity contribution in [3.63, 3.8) is 0 Å². The minimum Gasteiger partial charge on any atom is -0.387 e. The van der Waals surface area contributed by atoms with Gasteiger partial charge in [-0.1, -0.05) is 153 Å². The van der Waals surface area contributed by atoms with Crippen LogP contribution in [0.1, 0.15) is 181 Å². The van der Waals surface area contributed by atoms with E-state index in [1.54, 1.807) is 6.08 Å². The van der Waals surface area contributed by atoms with E-state index in [1.165, 1.54) is 109 Å². The highest BCUT2D eigenvalue weighted by molar-refractivity contribution is 7.47. The Morgan fingerprint density at radius 3 is 1.56 bits per heavy atom. The van der Waals surface area contributed by atoms with Gasteiger partial charge in [0.1, 0.15) is 13.2 Å². The molecule has 3 N–H and O–H groups in total. The van der Waals surface area contributed by atoms with E-state index >= 15 is 0 Å². The number of likely N-dealkylation sites (N-methyl/N-ethyl adjacent to an activating group) is 1. The molecule has 0 aliphatic heterocycles. The Bertz CT molecular complexity index is 948. The standard InChI is InChI=1S/C43H83N2O6P/c1-6-8-10-12-14-16-18-20-21-22-23-25-26-28-30-32-34-36-42(46)41(40-51-52(48,49)50-39-38-45(3,4)5)44-43(47)37-35-33-31-29-27-24-19-17-15-13-11-9-7-2/h17,19,26,28,34,36,41-42,46H,6-16,18,20-25,27,29-33,35,37-40H2,1-5H3,(H-,44,47,48,49)/p+1/b19-17+,28-26+,36-34+/t41-,42+/m0/s1. The van der Waals surface area contributed by atoms with Crippen LogP contribution in [0.15, 0.2) is 36.5 Å². The van der Waals surface area contributed by atoms with Gasteiger partial charge in [0, 0.05) is 6.42 Å². The highest BCUT2D eigenvalue weighted by Crippen LogP contribution is 2.43. The summed E-state index contributed by atoms with van der Waals surface area (Å²) >= 11 is 0. The normalized spacial score (nSPS) is 14.8. The Labute approximate surface area is 321 Å². The number of phosphoric acid groups is 1. The summed E-state index contributed by atoms with van der Waals surface area (Å²) < 4.78 is 23.5. The molecular formula is C43H84N2O6P+. The predicted octanol–water partition coefficient (Wildman–Crippen LogP) is 11.5. The summed E-state index contributed by atoms with van der Waals surface area (Å²) in [6.45, 7) is 4.76. The van der Waals surface area contributed by atoms with Crippen LogP contribution in [-0.4, -0.2) is 73.4 Å². The number of carbonyl (C=O) groups is 1. The smallest absolute Gasteiger partial charge is 0.387 e. The van der Waals surface area contributed by atoms with Crippen LogP contribution in [0.5, 0.6) is 0 Å². The minimum absolute atomic E-state index is 0.0544. The predicted molar refractivity (Wildman–Crippen MR) is 221 cm³/mol. The Morgan fingerprint density at radius 2 is 1.06 bits per heavy atom. The lowest BCUT2D eigenvalue weighted by Crippen LogP contribution is -2.45. The van der Waals surface area contributed by atoms with Gasteiger partial charge < -0.3 is 19.8 Å². The first-order valence-electron chi connectivity index (χ1n) is 21.4. The molecule has 0 bridgehead atoms. The van der Waals surface area contributed by atoms with Gasteiger partial charge >= 0.3 is 7.82 Å². The van der Waals surface area contributed by atoms with Crippen molar-refractivity contribution in [2.24, 2.45) is 0 Å². The lowest BCUT2D eigenvalue weighted by atomic mass is 10.1. The molecule has 0 aliphatic rings. The molecule has 3 atom stereocenters. The van der Waals surface area contributed by atoms with Crippen molar-refractivity contribution in [3.8, 4) is 0 Å². The first-order valence-corrected chi connectivity index (χ1v) is 22.9. The third-order valence-corrected chi connectivity index (χ3v) is 10.3. The van der Waals surface area contributed by atoms with Crippen LogP contribution >= 0.6 is 7.82 Å². The Kier molecular flexibility index (Phi) is 34.6. The van der Waals surface area contributed by atoms with Gasteiger partial charge in [-0.05, 0) is 57.8 Å². The van der Waals surface area contributed by atoms with Crippen LogP contribution in [0.4, 0.5) is 0 Å². The summed E-state index contributed by atoms with van der Waals surface area (Å²) in [4.78, 5) is 23.0. The summed E-state index contributed by atoms with van der Waals surface area (Å²) in [6, 6.07) is -0.864. The number of carbonyl (C=O) groups excluding carboxylic acids is 1.